The van der Waals surface area contributed by atoms with Crippen LogP contribution in [0.4, 0.5) is 24.3 Å². The molecular weight excluding hydrogens is 427 g/mol. The molecule has 4 N–H and O–H groups in total. The highest BCUT2D eigenvalue weighted by Gasteiger charge is 2.38. The summed E-state index contributed by atoms with van der Waals surface area (Å²) in [6.45, 7) is 1.82. The molecule has 30 heavy (non-hydrogen) atoms. The van der Waals surface area contributed by atoms with E-state index in [1.807, 2.05) is 11.6 Å². The number of fused-ring (bicyclic) bond motifs is 2. The number of halogens is 3. The smallest absolute Gasteiger partial charge is 0.478 e. The minimum Gasteiger partial charge on any atom is -0.478 e. The summed E-state index contributed by atoms with van der Waals surface area (Å²) in [5.74, 6) is -3.05. The van der Waals surface area contributed by atoms with Crippen molar-refractivity contribution in [3.05, 3.63) is 34.3 Å². The van der Waals surface area contributed by atoms with Gasteiger partial charge in [-0.15, -0.1) is 11.3 Å². The van der Waals surface area contributed by atoms with Crippen LogP contribution in [0.25, 0.3) is 11.0 Å². The summed E-state index contributed by atoms with van der Waals surface area (Å²) in [5.41, 5.74) is 2.90. The minimum absolute atomic E-state index is 0.234. The van der Waals surface area contributed by atoms with Gasteiger partial charge in [0, 0.05) is 31.4 Å². The van der Waals surface area contributed by atoms with Gasteiger partial charge in [-0.2, -0.15) is 13.2 Å². The molecule has 1 aliphatic rings. The molecule has 0 aliphatic carbocycles. The Morgan fingerprint density at radius 3 is 2.57 bits per heavy atom. The second kappa shape index (κ2) is 8.28. The minimum atomic E-state index is -5.08. The van der Waals surface area contributed by atoms with Crippen molar-refractivity contribution < 1.29 is 33.0 Å². The molecule has 0 saturated heterocycles. The Bertz CT molecular complexity index is 1090. The van der Waals surface area contributed by atoms with Crippen molar-refractivity contribution in [2.45, 2.75) is 19.1 Å². The Balaban J connectivity index is 0.000000318. The third kappa shape index (κ3) is 4.68. The van der Waals surface area contributed by atoms with Gasteiger partial charge >= 0.3 is 18.1 Å². The number of aliphatic carboxylic acids is 1. The van der Waals surface area contributed by atoms with Crippen LogP contribution in [-0.4, -0.2) is 49.4 Å². The molecule has 0 bridgehead atoms. The van der Waals surface area contributed by atoms with E-state index in [2.05, 4.69) is 20.6 Å². The van der Waals surface area contributed by atoms with E-state index in [0.717, 1.165) is 35.9 Å². The first-order chi connectivity index (χ1) is 14.1. The van der Waals surface area contributed by atoms with Crippen LogP contribution in [0.2, 0.25) is 0 Å². The second-order valence-corrected chi connectivity index (χ2v) is 7.33. The van der Waals surface area contributed by atoms with E-state index in [1.165, 1.54) is 4.88 Å². The topological polar surface area (TPSA) is 129 Å². The summed E-state index contributed by atoms with van der Waals surface area (Å²) >= 11 is 1.62. The quantitative estimate of drug-likeness (QED) is 0.486. The number of nitrogens with zero attached hydrogens (tertiary/aromatic N) is 3. The third-order valence-electron chi connectivity index (χ3n) is 4.19. The van der Waals surface area contributed by atoms with Crippen LogP contribution in [-0.2, 0) is 24.8 Å². The summed E-state index contributed by atoms with van der Waals surface area (Å²) in [5, 5.41) is 23.6. The van der Waals surface area contributed by atoms with Crippen LogP contribution in [0.3, 0.4) is 0 Å². The van der Waals surface area contributed by atoms with Crippen molar-refractivity contribution in [3.63, 3.8) is 0 Å². The summed E-state index contributed by atoms with van der Waals surface area (Å²) in [6, 6.07) is 4.94. The van der Waals surface area contributed by atoms with Crippen molar-refractivity contribution in [2.75, 3.05) is 11.9 Å². The van der Waals surface area contributed by atoms with E-state index >= 15 is 0 Å². The van der Waals surface area contributed by atoms with Gasteiger partial charge in [0.1, 0.15) is 0 Å². The Morgan fingerprint density at radius 1 is 1.27 bits per heavy atom. The molecule has 0 spiro atoms. The Labute approximate surface area is 171 Å². The Hall–Kier alpha value is -3.19. The van der Waals surface area contributed by atoms with E-state index in [-0.39, 0.29) is 5.56 Å². The first kappa shape index (κ1) is 21.5. The summed E-state index contributed by atoms with van der Waals surface area (Å²) in [6.07, 6.45) is -4.14. The zero-order chi connectivity index (χ0) is 22.1. The van der Waals surface area contributed by atoms with E-state index in [1.54, 1.807) is 29.5 Å². The molecule has 1 aliphatic heterocycles. The van der Waals surface area contributed by atoms with Gasteiger partial charge in [0.15, 0.2) is 5.13 Å². The zero-order valence-electron chi connectivity index (χ0n) is 15.4. The lowest BCUT2D eigenvalue weighted by Gasteiger charge is -2.09. The number of hydrogen-bond donors (Lipinski definition) is 4. The third-order valence-corrected chi connectivity index (χ3v) is 5.20. The van der Waals surface area contributed by atoms with Gasteiger partial charge in [-0.25, -0.2) is 19.6 Å². The number of nitrogens with one attached hydrogen (secondary N) is 2. The molecule has 1 aromatic carbocycles. The average molecular weight is 443 g/mol. The van der Waals surface area contributed by atoms with Crippen LogP contribution in [0.15, 0.2) is 18.2 Å². The number of hydrogen-bond acceptors (Lipinski definition) is 7. The molecule has 3 aromatic rings. The van der Waals surface area contributed by atoms with Gasteiger partial charge in [-0.05, 0) is 18.2 Å². The summed E-state index contributed by atoms with van der Waals surface area (Å²) in [7, 11) is 1.90. The predicted octanol–water partition coefficient (Wildman–Crippen LogP) is 2.75. The first-order valence-corrected chi connectivity index (χ1v) is 9.34. The molecule has 0 amide bonds. The van der Waals surface area contributed by atoms with E-state index < -0.39 is 18.1 Å². The molecule has 0 saturated carbocycles. The van der Waals surface area contributed by atoms with E-state index in [9.17, 15) is 18.0 Å². The van der Waals surface area contributed by atoms with Crippen LogP contribution in [0, 0.1) is 0 Å². The molecule has 13 heteroatoms. The molecule has 9 nitrogen and oxygen atoms in total. The average Bonchev–Trinajstić information content (AvgIpc) is 3.22. The molecule has 0 unspecified atom stereocenters. The number of alkyl halides is 3. The normalized spacial score (nSPS) is 13.3. The maximum Gasteiger partial charge on any atom is 0.490 e. The fourth-order valence-electron chi connectivity index (χ4n) is 2.72. The lowest BCUT2D eigenvalue weighted by molar-refractivity contribution is -0.192. The number of benzene rings is 1. The predicted molar refractivity (Wildman–Crippen MR) is 102 cm³/mol. The second-order valence-electron chi connectivity index (χ2n) is 6.25. The molecule has 0 fully saturated rings. The standard InChI is InChI=1S/C15H15N5O2S.C2HF3O2/c1-20-11-3-2-8(13(21)22)6-10(11)17-14(20)19-15-18-9-4-5-16-7-12(9)23-15;3-2(4,5)1(6)7/h2-3,6,16H,4-5,7H2,1H3,(H,21,22)(H,17,18,19);(H,6,7). The Morgan fingerprint density at radius 2 is 1.97 bits per heavy atom. The van der Waals surface area contributed by atoms with Gasteiger partial charge in [-0.1, -0.05) is 0 Å². The van der Waals surface area contributed by atoms with Crippen molar-refractivity contribution in [3.8, 4) is 0 Å². The number of carboxylic acids is 2. The van der Waals surface area contributed by atoms with Crippen molar-refractivity contribution in [1.82, 2.24) is 19.9 Å². The number of anilines is 2. The maximum absolute atomic E-state index is 11.1. The highest BCUT2D eigenvalue weighted by molar-refractivity contribution is 7.15. The highest BCUT2D eigenvalue weighted by atomic mass is 32.1. The van der Waals surface area contributed by atoms with Crippen LogP contribution >= 0.6 is 11.3 Å². The number of carbonyl (C=O) groups is 2. The number of aromatic carboxylic acids is 1. The molecular formula is C17H16F3N5O4S. The molecule has 0 radical (unpaired) electrons. The van der Waals surface area contributed by atoms with Crippen LogP contribution in [0.1, 0.15) is 20.9 Å². The van der Waals surface area contributed by atoms with Crippen molar-refractivity contribution in [2.24, 2.45) is 7.05 Å². The number of rotatable bonds is 3. The Kier molecular flexibility index (Phi) is 5.94. The monoisotopic (exact) mass is 443 g/mol. The number of aryl methyl sites for hydroxylation is 1. The zero-order valence-corrected chi connectivity index (χ0v) is 16.3. The van der Waals surface area contributed by atoms with E-state index in [4.69, 9.17) is 15.0 Å². The van der Waals surface area contributed by atoms with Gasteiger partial charge in [0.25, 0.3) is 0 Å². The number of thiazole rings is 1. The fourth-order valence-corrected chi connectivity index (χ4v) is 3.69. The molecule has 3 heterocycles. The molecule has 160 valence electrons. The lowest BCUT2D eigenvalue weighted by Crippen LogP contribution is -2.22. The largest absolute Gasteiger partial charge is 0.490 e. The number of aromatic nitrogens is 3. The lowest BCUT2D eigenvalue weighted by atomic mass is 10.2. The highest BCUT2D eigenvalue weighted by Crippen LogP contribution is 2.29. The first-order valence-electron chi connectivity index (χ1n) is 8.52. The molecule has 4 rings (SSSR count). The van der Waals surface area contributed by atoms with Gasteiger partial charge in [0.05, 0.1) is 22.3 Å². The van der Waals surface area contributed by atoms with Crippen LogP contribution in [0.5, 0.6) is 0 Å². The van der Waals surface area contributed by atoms with Crippen LogP contribution < -0.4 is 10.6 Å². The maximum atomic E-state index is 11.1. The van der Waals surface area contributed by atoms with Gasteiger partial charge in [0.2, 0.25) is 5.95 Å². The molecule has 2 aromatic heterocycles. The van der Waals surface area contributed by atoms with Crippen molar-refractivity contribution in [1.29, 1.82) is 0 Å². The number of carboxylic acid groups (broad SMARTS) is 2. The van der Waals surface area contributed by atoms with E-state index in [0.29, 0.717) is 11.5 Å². The van der Waals surface area contributed by atoms with Crippen molar-refractivity contribution >= 4 is 45.4 Å². The molecule has 0 atom stereocenters. The summed E-state index contributed by atoms with van der Waals surface area (Å²) < 4.78 is 33.6. The SMILES string of the molecule is Cn1c(Nc2nc3c(s2)CNCC3)nc2cc(C(=O)O)ccc21.O=C(O)C(F)(F)F. The fraction of sp³-hybridized carbons (Fsp3) is 0.294. The van der Waals surface area contributed by atoms with Gasteiger partial charge in [-0.3, -0.25) is 0 Å². The van der Waals surface area contributed by atoms with Gasteiger partial charge < -0.3 is 25.4 Å². The number of imidazole rings is 1. The summed E-state index contributed by atoms with van der Waals surface area (Å²) in [4.78, 5) is 30.3.